The maximum atomic E-state index is 11.9. The van der Waals surface area contributed by atoms with Crippen LogP contribution in [0, 0.1) is 5.92 Å². The van der Waals surface area contributed by atoms with E-state index in [2.05, 4.69) is 0 Å². The molecule has 0 aromatic rings. The van der Waals surface area contributed by atoms with Crippen LogP contribution in [-0.2, 0) is 14.4 Å². The van der Waals surface area contributed by atoms with Crippen molar-refractivity contribution in [1.29, 1.82) is 0 Å². The highest BCUT2D eigenvalue weighted by Gasteiger charge is 2.35. The summed E-state index contributed by atoms with van der Waals surface area (Å²) < 4.78 is 0. The largest absolute Gasteiger partial charge is 0.480 e. The number of carboxylic acids is 1. The molecule has 5 nitrogen and oxygen atoms in total. The summed E-state index contributed by atoms with van der Waals surface area (Å²) in [5.74, 6) is -2.46. The van der Waals surface area contributed by atoms with Gasteiger partial charge >= 0.3 is 5.97 Å². The molecule has 0 bridgehead atoms. The van der Waals surface area contributed by atoms with Crippen molar-refractivity contribution in [3.63, 3.8) is 0 Å². The van der Waals surface area contributed by atoms with Crippen LogP contribution < -0.4 is 0 Å². The number of amides is 1. The summed E-state index contributed by atoms with van der Waals surface area (Å²) in [4.78, 5) is 35.9. The molecule has 0 aliphatic carbocycles. The van der Waals surface area contributed by atoms with Gasteiger partial charge in [-0.25, -0.2) is 4.79 Å². The lowest BCUT2D eigenvalue weighted by Gasteiger charge is -2.32. The van der Waals surface area contributed by atoms with Gasteiger partial charge in [0.15, 0.2) is 0 Å². The highest BCUT2D eigenvalue weighted by Crippen LogP contribution is 2.19. The third kappa shape index (κ3) is 4.65. The molecule has 1 rings (SSSR count). The van der Waals surface area contributed by atoms with Crippen LogP contribution in [0.5, 0.6) is 0 Å². The standard InChI is InChI=1S/C12H19NO4.C2H6/c1-3-8(2)10(14)11(15)13-7-5-4-6-9(13)12(16)17;1-2/h8-9H,3-7H2,1-2H3,(H,16,17);1-2H3/t8?,9-;/m0./s1. The van der Waals surface area contributed by atoms with Crippen molar-refractivity contribution in [2.24, 2.45) is 5.92 Å². The fourth-order valence-electron chi connectivity index (χ4n) is 1.97. The number of ketones is 1. The Morgan fingerprint density at radius 1 is 1.26 bits per heavy atom. The van der Waals surface area contributed by atoms with Crippen LogP contribution in [0.15, 0.2) is 0 Å². The van der Waals surface area contributed by atoms with E-state index in [4.69, 9.17) is 5.11 Å². The van der Waals surface area contributed by atoms with Crippen molar-refractivity contribution < 1.29 is 19.5 Å². The lowest BCUT2D eigenvalue weighted by molar-refractivity contribution is -0.156. The number of carbonyl (C=O) groups excluding carboxylic acids is 2. The average molecular weight is 271 g/mol. The first-order chi connectivity index (χ1) is 8.99. The van der Waals surface area contributed by atoms with Crippen LogP contribution in [0.4, 0.5) is 0 Å². The highest BCUT2D eigenvalue weighted by atomic mass is 16.4. The Morgan fingerprint density at radius 2 is 1.84 bits per heavy atom. The van der Waals surface area contributed by atoms with E-state index in [1.165, 1.54) is 4.90 Å². The van der Waals surface area contributed by atoms with Gasteiger partial charge in [0, 0.05) is 12.5 Å². The molecule has 2 atom stereocenters. The van der Waals surface area contributed by atoms with Gasteiger partial charge in [0.2, 0.25) is 5.78 Å². The summed E-state index contributed by atoms with van der Waals surface area (Å²) in [6, 6.07) is -0.829. The molecule has 1 aliphatic rings. The molecule has 0 radical (unpaired) electrons. The molecule has 19 heavy (non-hydrogen) atoms. The molecule has 1 amide bonds. The summed E-state index contributed by atoms with van der Waals surface area (Å²) in [6.45, 7) is 7.90. The molecule has 0 saturated carbocycles. The lowest BCUT2D eigenvalue weighted by atomic mass is 9.98. The second-order valence-electron chi connectivity index (χ2n) is 4.52. The quantitative estimate of drug-likeness (QED) is 0.794. The van der Waals surface area contributed by atoms with Crippen molar-refractivity contribution in [2.75, 3.05) is 6.54 Å². The highest BCUT2D eigenvalue weighted by molar-refractivity contribution is 6.37. The van der Waals surface area contributed by atoms with Gasteiger partial charge in [0.1, 0.15) is 6.04 Å². The number of carboxylic acid groups (broad SMARTS) is 1. The van der Waals surface area contributed by atoms with Gasteiger partial charge in [-0.3, -0.25) is 9.59 Å². The number of Topliss-reactive ketones (excluding diaryl/α,β-unsaturated/α-hetero) is 1. The van der Waals surface area contributed by atoms with Crippen LogP contribution in [0.2, 0.25) is 0 Å². The van der Waals surface area contributed by atoms with E-state index >= 15 is 0 Å². The van der Waals surface area contributed by atoms with Crippen molar-refractivity contribution in [3.05, 3.63) is 0 Å². The van der Waals surface area contributed by atoms with E-state index in [9.17, 15) is 14.4 Å². The van der Waals surface area contributed by atoms with Crippen LogP contribution in [-0.4, -0.2) is 40.3 Å². The molecule has 0 spiro atoms. The summed E-state index contributed by atoms with van der Waals surface area (Å²) in [7, 11) is 0. The predicted octanol–water partition coefficient (Wildman–Crippen LogP) is 2.09. The monoisotopic (exact) mass is 271 g/mol. The Kier molecular flexibility index (Phi) is 8.03. The van der Waals surface area contributed by atoms with Crippen molar-refractivity contribution >= 4 is 17.7 Å². The van der Waals surface area contributed by atoms with Gasteiger partial charge < -0.3 is 10.0 Å². The molecule has 110 valence electrons. The van der Waals surface area contributed by atoms with E-state index in [0.717, 1.165) is 12.8 Å². The molecule has 0 aromatic heterocycles. The molecule has 1 saturated heterocycles. The average Bonchev–Trinajstić information content (AvgIpc) is 2.46. The van der Waals surface area contributed by atoms with Crippen molar-refractivity contribution in [3.8, 4) is 0 Å². The molecule has 1 aliphatic heterocycles. The Hall–Kier alpha value is -1.39. The summed E-state index contributed by atoms with van der Waals surface area (Å²) in [5.41, 5.74) is 0. The first-order valence-electron chi connectivity index (χ1n) is 7.06. The fourth-order valence-corrected chi connectivity index (χ4v) is 1.97. The zero-order chi connectivity index (χ0) is 15.0. The minimum Gasteiger partial charge on any atom is -0.480 e. The number of piperidine rings is 1. The first-order valence-corrected chi connectivity index (χ1v) is 7.06. The van der Waals surface area contributed by atoms with Gasteiger partial charge in [-0.1, -0.05) is 27.7 Å². The Labute approximate surface area is 115 Å². The number of nitrogens with zero attached hydrogens (tertiary/aromatic N) is 1. The number of hydrogen-bond donors (Lipinski definition) is 1. The molecule has 1 heterocycles. The van der Waals surface area contributed by atoms with E-state index in [1.807, 2.05) is 20.8 Å². The van der Waals surface area contributed by atoms with E-state index in [-0.39, 0.29) is 5.92 Å². The molecular formula is C14H25NO4. The van der Waals surface area contributed by atoms with Crippen molar-refractivity contribution in [2.45, 2.75) is 59.4 Å². The number of aliphatic carboxylic acids is 1. The van der Waals surface area contributed by atoms with Crippen molar-refractivity contribution in [1.82, 2.24) is 4.90 Å². The van der Waals surface area contributed by atoms with E-state index in [0.29, 0.717) is 19.4 Å². The summed E-state index contributed by atoms with van der Waals surface area (Å²) >= 11 is 0. The van der Waals surface area contributed by atoms with Crippen LogP contribution in [0.1, 0.15) is 53.4 Å². The fraction of sp³-hybridized carbons (Fsp3) is 0.786. The summed E-state index contributed by atoms with van der Waals surface area (Å²) in [6.07, 6.45) is 2.59. The zero-order valence-corrected chi connectivity index (χ0v) is 12.3. The van der Waals surface area contributed by atoms with E-state index < -0.39 is 23.7 Å². The van der Waals surface area contributed by atoms with Gasteiger partial charge in [0.25, 0.3) is 5.91 Å². The number of rotatable bonds is 4. The second kappa shape index (κ2) is 8.67. The number of hydrogen-bond acceptors (Lipinski definition) is 3. The zero-order valence-electron chi connectivity index (χ0n) is 12.3. The van der Waals surface area contributed by atoms with Gasteiger partial charge in [-0.15, -0.1) is 0 Å². The van der Waals surface area contributed by atoms with E-state index in [1.54, 1.807) is 6.92 Å². The number of carbonyl (C=O) groups is 3. The SMILES string of the molecule is CC.CCC(C)C(=O)C(=O)N1CCCC[C@H]1C(=O)O. The van der Waals surface area contributed by atoms with Gasteiger partial charge in [-0.2, -0.15) is 0 Å². The molecule has 0 aromatic carbocycles. The molecule has 5 heteroatoms. The minimum absolute atomic E-state index is 0.334. The lowest BCUT2D eigenvalue weighted by Crippen LogP contribution is -2.51. The third-order valence-electron chi connectivity index (χ3n) is 3.32. The maximum Gasteiger partial charge on any atom is 0.326 e. The van der Waals surface area contributed by atoms with Crippen LogP contribution in [0.25, 0.3) is 0 Å². The minimum atomic E-state index is -1.02. The second-order valence-corrected chi connectivity index (χ2v) is 4.52. The van der Waals surface area contributed by atoms with Gasteiger partial charge in [0.05, 0.1) is 0 Å². The smallest absolute Gasteiger partial charge is 0.326 e. The molecule has 1 fully saturated rings. The van der Waals surface area contributed by atoms with Crippen LogP contribution >= 0.6 is 0 Å². The Bertz CT molecular complexity index is 327. The topological polar surface area (TPSA) is 74.7 Å². The molecule has 1 N–H and O–H groups in total. The Balaban J connectivity index is 0.00000154. The predicted molar refractivity (Wildman–Crippen MR) is 72.8 cm³/mol. The molecule has 1 unspecified atom stereocenters. The third-order valence-corrected chi connectivity index (χ3v) is 3.32. The first kappa shape index (κ1) is 17.6. The maximum absolute atomic E-state index is 11.9. The van der Waals surface area contributed by atoms with Crippen LogP contribution in [0.3, 0.4) is 0 Å². The Morgan fingerprint density at radius 3 is 2.32 bits per heavy atom. The molecular weight excluding hydrogens is 246 g/mol. The normalized spacial score (nSPS) is 20.0. The summed E-state index contributed by atoms with van der Waals surface area (Å²) in [5, 5.41) is 9.03. The number of likely N-dealkylation sites (tertiary alicyclic amines) is 1. The van der Waals surface area contributed by atoms with Gasteiger partial charge in [-0.05, 0) is 25.7 Å².